The van der Waals surface area contributed by atoms with Crippen molar-refractivity contribution in [1.82, 2.24) is 4.98 Å². The molecule has 0 amide bonds. The smallest absolute Gasteiger partial charge is 0.0793 e. The minimum Gasteiger partial charge on any atom is -0.396 e. The van der Waals surface area contributed by atoms with E-state index in [4.69, 9.17) is 5.73 Å². The van der Waals surface area contributed by atoms with Crippen molar-refractivity contribution in [3.63, 3.8) is 0 Å². The molecule has 0 spiro atoms. The van der Waals surface area contributed by atoms with Gasteiger partial charge in [-0.25, -0.2) is 0 Å². The summed E-state index contributed by atoms with van der Waals surface area (Å²) in [5, 5.41) is 1.06. The van der Waals surface area contributed by atoms with Crippen molar-refractivity contribution in [2.24, 2.45) is 0 Å². The van der Waals surface area contributed by atoms with Gasteiger partial charge in [0, 0.05) is 18.5 Å². The molecule has 0 aliphatic carbocycles. The molecule has 2 N–H and O–H groups in total. The molecule has 0 bridgehead atoms. The topological polar surface area (TPSA) is 42.1 Å². The maximum atomic E-state index is 6.22. The maximum Gasteiger partial charge on any atom is 0.0793 e. The lowest BCUT2D eigenvalue weighted by Crippen LogP contribution is -2.19. The van der Waals surface area contributed by atoms with Crippen molar-refractivity contribution >= 4 is 22.3 Å². The molecule has 16 heavy (non-hydrogen) atoms. The van der Waals surface area contributed by atoms with Gasteiger partial charge in [-0.15, -0.1) is 0 Å². The Kier molecular flexibility index (Phi) is 2.17. The Morgan fingerprint density at radius 3 is 2.69 bits per heavy atom. The summed E-state index contributed by atoms with van der Waals surface area (Å²) in [6.45, 7) is 2.20. The van der Waals surface area contributed by atoms with E-state index in [0.717, 1.165) is 35.4 Å². The number of nitrogens with two attached hydrogens (primary N) is 1. The number of hydrogen-bond donors (Lipinski definition) is 1. The van der Waals surface area contributed by atoms with Gasteiger partial charge < -0.3 is 10.6 Å². The van der Waals surface area contributed by atoms with E-state index in [0.29, 0.717) is 0 Å². The zero-order valence-electron chi connectivity index (χ0n) is 9.19. The molecule has 0 radical (unpaired) electrons. The number of fused-ring (bicyclic) bond motifs is 1. The highest BCUT2D eigenvalue weighted by Crippen LogP contribution is 2.31. The van der Waals surface area contributed by atoms with Gasteiger partial charge in [-0.2, -0.15) is 0 Å². The zero-order valence-corrected chi connectivity index (χ0v) is 9.19. The van der Waals surface area contributed by atoms with Gasteiger partial charge in [-0.3, -0.25) is 4.98 Å². The average molecular weight is 213 g/mol. The summed E-state index contributed by atoms with van der Waals surface area (Å²) < 4.78 is 0. The molecule has 2 heterocycles. The van der Waals surface area contributed by atoms with Gasteiger partial charge in [0.25, 0.3) is 0 Å². The predicted octanol–water partition coefficient (Wildman–Crippen LogP) is 2.42. The second-order valence-electron chi connectivity index (χ2n) is 4.27. The van der Waals surface area contributed by atoms with Crippen molar-refractivity contribution in [3.8, 4) is 0 Å². The molecule has 3 nitrogen and oxygen atoms in total. The third-order valence-corrected chi connectivity index (χ3v) is 3.24. The van der Waals surface area contributed by atoms with Crippen LogP contribution in [0, 0.1) is 0 Å². The second kappa shape index (κ2) is 3.67. The van der Waals surface area contributed by atoms with Crippen LogP contribution in [0.1, 0.15) is 12.8 Å². The molecule has 1 aromatic heterocycles. The molecule has 1 aromatic carbocycles. The van der Waals surface area contributed by atoms with E-state index >= 15 is 0 Å². The van der Waals surface area contributed by atoms with Crippen LogP contribution in [-0.2, 0) is 0 Å². The Labute approximate surface area is 94.9 Å². The first-order valence-electron chi connectivity index (χ1n) is 5.74. The van der Waals surface area contributed by atoms with Crippen LogP contribution in [-0.4, -0.2) is 18.1 Å². The normalized spacial score (nSPS) is 15.9. The van der Waals surface area contributed by atoms with Crippen LogP contribution in [0.15, 0.2) is 30.5 Å². The van der Waals surface area contributed by atoms with Crippen LogP contribution in [0.3, 0.4) is 0 Å². The molecular weight excluding hydrogens is 198 g/mol. The molecule has 82 valence electrons. The Balaban J connectivity index is 2.15. The minimum absolute atomic E-state index is 0.868. The molecule has 3 heteroatoms. The summed E-state index contributed by atoms with van der Waals surface area (Å²) in [5.41, 5.74) is 9.15. The molecule has 2 aromatic rings. The maximum absolute atomic E-state index is 6.22. The van der Waals surface area contributed by atoms with Gasteiger partial charge in [0.1, 0.15) is 0 Å². The summed E-state index contributed by atoms with van der Waals surface area (Å²) in [6, 6.07) is 8.04. The minimum atomic E-state index is 0.868. The van der Waals surface area contributed by atoms with Crippen molar-refractivity contribution < 1.29 is 0 Å². The third kappa shape index (κ3) is 1.40. The molecule has 0 atom stereocenters. The van der Waals surface area contributed by atoms with Crippen molar-refractivity contribution in [1.29, 1.82) is 0 Å². The quantitative estimate of drug-likeness (QED) is 0.791. The first-order chi connectivity index (χ1) is 7.86. The van der Waals surface area contributed by atoms with E-state index in [-0.39, 0.29) is 0 Å². The number of anilines is 2. The number of nitrogen functional groups attached to an aromatic ring is 1. The highest BCUT2D eigenvalue weighted by molar-refractivity contribution is 5.96. The molecule has 0 unspecified atom stereocenters. The van der Waals surface area contributed by atoms with Crippen molar-refractivity contribution in [3.05, 3.63) is 30.5 Å². The largest absolute Gasteiger partial charge is 0.396 e. The van der Waals surface area contributed by atoms with Gasteiger partial charge >= 0.3 is 0 Å². The van der Waals surface area contributed by atoms with Crippen LogP contribution < -0.4 is 10.6 Å². The highest BCUT2D eigenvalue weighted by atomic mass is 15.2. The zero-order chi connectivity index (χ0) is 11.0. The SMILES string of the molecule is Nc1c(N2CCCC2)cnc2ccccc12. The lowest BCUT2D eigenvalue weighted by atomic mass is 10.1. The molecule has 1 aliphatic rings. The number of hydrogen-bond acceptors (Lipinski definition) is 3. The van der Waals surface area contributed by atoms with E-state index in [2.05, 4.69) is 9.88 Å². The molecule has 1 fully saturated rings. The van der Waals surface area contributed by atoms with E-state index < -0.39 is 0 Å². The standard InChI is InChI=1S/C13H15N3/c14-13-10-5-1-2-6-11(10)15-9-12(13)16-7-3-4-8-16/h1-2,5-6,9H,3-4,7-8H2,(H2,14,15). The van der Waals surface area contributed by atoms with Gasteiger partial charge in [-0.05, 0) is 18.9 Å². The van der Waals surface area contributed by atoms with E-state index in [9.17, 15) is 0 Å². The summed E-state index contributed by atoms with van der Waals surface area (Å²) in [6.07, 6.45) is 4.42. The number of para-hydroxylation sites is 1. The lowest BCUT2D eigenvalue weighted by Gasteiger charge is -2.20. The number of pyridine rings is 1. The first kappa shape index (κ1) is 9.46. The Morgan fingerprint density at radius 2 is 1.88 bits per heavy atom. The predicted molar refractivity (Wildman–Crippen MR) is 67.6 cm³/mol. The van der Waals surface area contributed by atoms with Crippen LogP contribution in [0.4, 0.5) is 11.4 Å². The van der Waals surface area contributed by atoms with Crippen LogP contribution in [0.25, 0.3) is 10.9 Å². The fourth-order valence-electron chi connectivity index (χ4n) is 2.36. The third-order valence-electron chi connectivity index (χ3n) is 3.24. The molecule has 0 saturated carbocycles. The van der Waals surface area contributed by atoms with E-state index in [1.54, 1.807) is 0 Å². The summed E-state index contributed by atoms with van der Waals surface area (Å²) in [4.78, 5) is 6.79. The molecule has 3 rings (SSSR count). The summed E-state index contributed by atoms with van der Waals surface area (Å²) >= 11 is 0. The monoisotopic (exact) mass is 213 g/mol. The first-order valence-corrected chi connectivity index (χ1v) is 5.74. The fourth-order valence-corrected chi connectivity index (χ4v) is 2.36. The number of benzene rings is 1. The number of nitrogens with zero attached hydrogens (tertiary/aromatic N) is 2. The summed E-state index contributed by atoms with van der Waals surface area (Å²) in [7, 11) is 0. The number of aromatic nitrogens is 1. The van der Waals surface area contributed by atoms with Crippen molar-refractivity contribution in [2.75, 3.05) is 23.7 Å². The fraction of sp³-hybridized carbons (Fsp3) is 0.308. The van der Waals surface area contributed by atoms with Gasteiger partial charge in [0.2, 0.25) is 0 Å². The highest BCUT2D eigenvalue weighted by Gasteiger charge is 2.16. The van der Waals surface area contributed by atoms with Crippen LogP contribution in [0.2, 0.25) is 0 Å². The molecule has 1 saturated heterocycles. The lowest BCUT2D eigenvalue weighted by molar-refractivity contribution is 0.949. The van der Waals surface area contributed by atoms with Gasteiger partial charge in [0.05, 0.1) is 23.1 Å². The summed E-state index contributed by atoms with van der Waals surface area (Å²) in [5.74, 6) is 0. The van der Waals surface area contributed by atoms with Gasteiger partial charge in [0.15, 0.2) is 0 Å². The molecular formula is C13H15N3. The van der Waals surface area contributed by atoms with Crippen LogP contribution >= 0.6 is 0 Å². The Morgan fingerprint density at radius 1 is 1.12 bits per heavy atom. The van der Waals surface area contributed by atoms with E-state index in [1.165, 1.54) is 12.8 Å². The van der Waals surface area contributed by atoms with E-state index in [1.807, 2.05) is 30.5 Å². The Hall–Kier alpha value is -1.77. The Bertz CT molecular complexity index is 516. The van der Waals surface area contributed by atoms with Gasteiger partial charge in [-0.1, -0.05) is 18.2 Å². The average Bonchev–Trinajstić information content (AvgIpc) is 2.83. The van der Waals surface area contributed by atoms with Crippen LogP contribution in [0.5, 0.6) is 0 Å². The van der Waals surface area contributed by atoms with Crippen molar-refractivity contribution in [2.45, 2.75) is 12.8 Å². The molecule has 1 aliphatic heterocycles. The number of rotatable bonds is 1. The second-order valence-corrected chi connectivity index (χ2v) is 4.27.